The quantitative estimate of drug-likeness (QED) is 0.828. The molecule has 2 aromatic heterocycles. The van der Waals surface area contributed by atoms with Crippen LogP contribution in [0.4, 0.5) is 0 Å². The van der Waals surface area contributed by atoms with Crippen LogP contribution in [0.25, 0.3) is 11.0 Å². The lowest BCUT2D eigenvalue weighted by molar-refractivity contribution is 0.415. The van der Waals surface area contributed by atoms with E-state index < -0.39 is 0 Å². The topological polar surface area (TPSA) is 75.6 Å². The molecule has 98 valence electrons. The van der Waals surface area contributed by atoms with Gasteiger partial charge in [-0.2, -0.15) is 5.10 Å². The average molecular weight is 249 g/mol. The van der Waals surface area contributed by atoms with Gasteiger partial charge in [-0.1, -0.05) is 13.3 Å². The fourth-order valence-electron chi connectivity index (χ4n) is 2.19. The molecule has 1 atom stereocenters. The van der Waals surface area contributed by atoms with Gasteiger partial charge in [0.1, 0.15) is 11.2 Å². The van der Waals surface area contributed by atoms with E-state index in [0.29, 0.717) is 16.9 Å². The van der Waals surface area contributed by atoms with Gasteiger partial charge in [0, 0.05) is 6.54 Å². The van der Waals surface area contributed by atoms with Gasteiger partial charge in [-0.3, -0.25) is 4.79 Å². The van der Waals surface area contributed by atoms with E-state index in [1.165, 1.54) is 0 Å². The van der Waals surface area contributed by atoms with E-state index in [9.17, 15) is 4.79 Å². The minimum atomic E-state index is -0.122. The van der Waals surface area contributed by atoms with E-state index in [0.717, 1.165) is 19.4 Å². The number of likely N-dealkylation sites (N-methyl/N-ethyl adjacent to an activating group) is 1. The molecule has 2 heterocycles. The molecule has 0 radical (unpaired) electrons. The lowest BCUT2D eigenvalue weighted by Gasteiger charge is -2.16. The van der Waals surface area contributed by atoms with Crippen LogP contribution in [0, 0.1) is 6.92 Å². The zero-order valence-electron chi connectivity index (χ0n) is 11.0. The van der Waals surface area contributed by atoms with Gasteiger partial charge in [0.2, 0.25) is 0 Å². The maximum Gasteiger partial charge on any atom is 0.262 e. The number of aryl methyl sites for hydroxylation is 1. The van der Waals surface area contributed by atoms with Crippen molar-refractivity contribution in [2.75, 3.05) is 13.6 Å². The van der Waals surface area contributed by atoms with Crippen LogP contribution in [0.1, 0.15) is 31.6 Å². The molecule has 0 bridgehead atoms. The number of fused-ring (bicyclic) bond motifs is 1. The molecular weight excluding hydrogens is 230 g/mol. The molecule has 0 saturated carbocycles. The summed E-state index contributed by atoms with van der Waals surface area (Å²) in [5.74, 6) is 0.619. The fraction of sp³-hybridized carbons (Fsp3) is 0.583. The Labute approximate surface area is 105 Å². The van der Waals surface area contributed by atoms with Crippen LogP contribution in [0.15, 0.2) is 11.0 Å². The molecule has 0 saturated heterocycles. The summed E-state index contributed by atoms with van der Waals surface area (Å²) >= 11 is 0. The largest absolute Gasteiger partial charge is 0.318 e. The van der Waals surface area contributed by atoms with E-state index in [1.54, 1.807) is 13.1 Å². The van der Waals surface area contributed by atoms with Crippen LogP contribution in [-0.2, 0) is 0 Å². The van der Waals surface area contributed by atoms with Crippen molar-refractivity contribution in [1.29, 1.82) is 0 Å². The number of hydrogen-bond donors (Lipinski definition) is 2. The summed E-state index contributed by atoms with van der Waals surface area (Å²) in [6, 6.07) is 0.228. The molecule has 0 amide bonds. The predicted molar refractivity (Wildman–Crippen MR) is 70.8 cm³/mol. The Kier molecular flexibility index (Phi) is 3.76. The van der Waals surface area contributed by atoms with E-state index in [-0.39, 0.29) is 11.6 Å². The standard InChI is InChI=1S/C12H19N5O/c1-4-5-9(6-13-3)17-11-10(7-14-17)12(18)16-8(2)15-11/h7,9,13H,4-6H2,1-3H3,(H,15,16,18). The molecule has 6 heteroatoms. The van der Waals surface area contributed by atoms with Gasteiger partial charge < -0.3 is 10.3 Å². The lowest BCUT2D eigenvalue weighted by Crippen LogP contribution is -2.24. The number of aromatic amines is 1. The van der Waals surface area contributed by atoms with Crippen LogP contribution in [0.3, 0.4) is 0 Å². The third-order valence-electron chi connectivity index (χ3n) is 2.99. The zero-order chi connectivity index (χ0) is 13.1. The molecule has 2 rings (SSSR count). The molecule has 18 heavy (non-hydrogen) atoms. The van der Waals surface area contributed by atoms with Gasteiger partial charge in [0.05, 0.1) is 12.2 Å². The molecule has 0 aliphatic heterocycles. The van der Waals surface area contributed by atoms with Gasteiger partial charge in [-0.05, 0) is 20.4 Å². The molecule has 6 nitrogen and oxygen atoms in total. The summed E-state index contributed by atoms with van der Waals surface area (Å²) in [6.07, 6.45) is 3.67. The van der Waals surface area contributed by atoms with Crippen LogP contribution >= 0.6 is 0 Å². The van der Waals surface area contributed by atoms with Crippen LogP contribution in [0.5, 0.6) is 0 Å². The van der Waals surface area contributed by atoms with Gasteiger partial charge in [0.15, 0.2) is 5.65 Å². The first-order valence-electron chi connectivity index (χ1n) is 6.26. The Morgan fingerprint density at radius 1 is 1.56 bits per heavy atom. The van der Waals surface area contributed by atoms with Gasteiger partial charge in [-0.25, -0.2) is 9.67 Å². The average Bonchev–Trinajstić information content (AvgIpc) is 2.72. The smallest absolute Gasteiger partial charge is 0.262 e. The Morgan fingerprint density at radius 2 is 2.33 bits per heavy atom. The lowest BCUT2D eigenvalue weighted by atomic mass is 10.1. The monoisotopic (exact) mass is 249 g/mol. The molecule has 1 unspecified atom stereocenters. The summed E-state index contributed by atoms with van der Waals surface area (Å²) in [5, 5.41) is 8.04. The van der Waals surface area contributed by atoms with Crippen molar-refractivity contribution in [3.05, 3.63) is 22.4 Å². The third kappa shape index (κ3) is 2.28. The second kappa shape index (κ2) is 5.30. The summed E-state index contributed by atoms with van der Waals surface area (Å²) in [6.45, 7) is 4.74. The van der Waals surface area contributed by atoms with Gasteiger partial charge in [0.25, 0.3) is 5.56 Å². The number of nitrogens with zero attached hydrogens (tertiary/aromatic N) is 3. The SMILES string of the molecule is CCCC(CNC)n1ncc2c(=O)[nH]c(C)nc21. The number of H-pyrrole nitrogens is 1. The second-order valence-electron chi connectivity index (χ2n) is 4.48. The van der Waals surface area contributed by atoms with Crippen molar-refractivity contribution in [3.63, 3.8) is 0 Å². The Morgan fingerprint density at radius 3 is 3.00 bits per heavy atom. The highest BCUT2D eigenvalue weighted by atomic mass is 16.1. The maximum absolute atomic E-state index is 11.8. The summed E-state index contributed by atoms with van der Waals surface area (Å²) < 4.78 is 1.86. The number of rotatable bonds is 5. The molecule has 0 fully saturated rings. The molecule has 2 N–H and O–H groups in total. The van der Waals surface area contributed by atoms with E-state index in [1.807, 2.05) is 11.7 Å². The molecule has 0 aliphatic carbocycles. The summed E-state index contributed by atoms with van der Waals surface area (Å²) in [7, 11) is 1.92. The van der Waals surface area contributed by atoms with E-state index in [4.69, 9.17) is 0 Å². The fourth-order valence-corrected chi connectivity index (χ4v) is 2.19. The predicted octanol–water partition coefficient (Wildman–Crippen LogP) is 0.989. The normalized spacial score (nSPS) is 13.1. The van der Waals surface area contributed by atoms with Gasteiger partial charge >= 0.3 is 0 Å². The molecular formula is C12H19N5O. The maximum atomic E-state index is 11.8. The first-order chi connectivity index (χ1) is 8.67. The number of hydrogen-bond acceptors (Lipinski definition) is 4. The van der Waals surface area contributed by atoms with E-state index in [2.05, 4.69) is 27.3 Å². The minimum Gasteiger partial charge on any atom is -0.318 e. The van der Waals surface area contributed by atoms with Crippen molar-refractivity contribution in [1.82, 2.24) is 25.1 Å². The highest BCUT2D eigenvalue weighted by Gasteiger charge is 2.16. The minimum absolute atomic E-state index is 0.122. The van der Waals surface area contributed by atoms with Crippen molar-refractivity contribution < 1.29 is 0 Å². The third-order valence-corrected chi connectivity index (χ3v) is 2.99. The Bertz CT molecular complexity index is 580. The van der Waals surface area contributed by atoms with Crippen molar-refractivity contribution in [2.24, 2.45) is 0 Å². The summed E-state index contributed by atoms with van der Waals surface area (Å²) in [5.41, 5.74) is 0.549. The van der Waals surface area contributed by atoms with Crippen molar-refractivity contribution in [3.8, 4) is 0 Å². The first-order valence-corrected chi connectivity index (χ1v) is 6.26. The highest BCUT2D eigenvalue weighted by molar-refractivity contribution is 5.73. The molecule has 0 aliphatic rings. The Balaban J connectivity index is 2.52. The second-order valence-corrected chi connectivity index (χ2v) is 4.48. The Hall–Kier alpha value is -1.69. The van der Waals surface area contributed by atoms with Gasteiger partial charge in [-0.15, -0.1) is 0 Å². The van der Waals surface area contributed by atoms with Crippen LogP contribution in [-0.4, -0.2) is 33.3 Å². The molecule has 0 spiro atoms. The van der Waals surface area contributed by atoms with Crippen LogP contribution < -0.4 is 10.9 Å². The first kappa shape index (κ1) is 12.8. The summed E-state index contributed by atoms with van der Waals surface area (Å²) in [4.78, 5) is 18.9. The van der Waals surface area contributed by atoms with Crippen molar-refractivity contribution >= 4 is 11.0 Å². The zero-order valence-corrected chi connectivity index (χ0v) is 11.0. The highest BCUT2D eigenvalue weighted by Crippen LogP contribution is 2.17. The number of nitrogens with one attached hydrogen (secondary N) is 2. The molecule has 2 aromatic rings. The molecule has 0 aromatic carbocycles. The van der Waals surface area contributed by atoms with Crippen molar-refractivity contribution in [2.45, 2.75) is 32.7 Å². The van der Waals surface area contributed by atoms with E-state index >= 15 is 0 Å². The number of aromatic nitrogens is 4. The van der Waals surface area contributed by atoms with Crippen LogP contribution in [0.2, 0.25) is 0 Å².